The number of halogens is 1. The molecule has 0 atom stereocenters. The zero-order valence-corrected chi connectivity index (χ0v) is 11.8. The van der Waals surface area contributed by atoms with Crippen molar-refractivity contribution in [3.05, 3.63) is 0 Å². The molecule has 2 aliphatic rings. The Balaban J connectivity index is 1.57. The fraction of sp³-hybridized carbons (Fsp3) is 0.846. The van der Waals surface area contributed by atoms with E-state index in [4.69, 9.17) is 9.47 Å². The molecule has 0 radical (unpaired) electrons. The maximum absolute atomic E-state index is 12.0. The summed E-state index contributed by atoms with van der Waals surface area (Å²) in [6.07, 6.45) is 7.15. The van der Waals surface area contributed by atoms with Gasteiger partial charge in [0.25, 0.3) is 11.8 Å². The van der Waals surface area contributed by atoms with Gasteiger partial charge in [0.2, 0.25) is 0 Å². The minimum atomic E-state index is -0.299. The summed E-state index contributed by atoms with van der Waals surface area (Å²) in [7, 11) is 0. The number of hydrogen-bond acceptors (Lipinski definition) is 5. The quantitative estimate of drug-likeness (QED) is 0.721. The Bertz CT molecular complexity index is 419. The lowest BCUT2D eigenvalue weighted by atomic mass is 9.97. The molecule has 1 heterocycles. The highest BCUT2D eigenvalue weighted by Crippen LogP contribution is 2.50. The van der Waals surface area contributed by atoms with Gasteiger partial charge < -0.3 is 9.47 Å². The van der Waals surface area contributed by atoms with Gasteiger partial charge in [0.15, 0.2) is 0 Å². The Morgan fingerprint density at radius 1 is 1.21 bits per heavy atom. The lowest BCUT2D eigenvalue weighted by Gasteiger charge is -2.26. The van der Waals surface area contributed by atoms with E-state index in [-0.39, 0.29) is 12.3 Å². The molecule has 0 aliphatic heterocycles. The summed E-state index contributed by atoms with van der Waals surface area (Å²) >= 11 is 1.11. The maximum atomic E-state index is 12.0. The van der Waals surface area contributed by atoms with Crippen LogP contribution in [0.15, 0.2) is 0 Å². The molecule has 1 aromatic heterocycles. The van der Waals surface area contributed by atoms with Crippen molar-refractivity contribution in [1.29, 1.82) is 0 Å². The molecule has 3 rings (SSSR count). The van der Waals surface area contributed by atoms with Crippen LogP contribution in [0.2, 0.25) is 0 Å². The average molecular weight is 286 g/mol. The summed E-state index contributed by atoms with van der Waals surface area (Å²) in [5.74, 6) is 1.85. The van der Waals surface area contributed by atoms with Gasteiger partial charge in [0.05, 0.1) is 25.0 Å². The van der Waals surface area contributed by atoms with Crippen LogP contribution in [-0.2, 0) is 0 Å². The first-order chi connectivity index (χ1) is 9.31. The smallest absolute Gasteiger partial charge is 0.291 e. The molecule has 19 heavy (non-hydrogen) atoms. The highest BCUT2D eigenvalue weighted by atomic mass is 32.1. The molecule has 0 saturated heterocycles. The number of fused-ring (bicyclic) bond motifs is 2. The van der Waals surface area contributed by atoms with E-state index in [9.17, 15) is 4.39 Å². The molecule has 106 valence electrons. The molecule has 6 heteroatoms. The van der Waals surface area contributed by atoms with Gasteiger partial charge in [0.1, 0.15) is 5.60 Å². The Kier molecular flexibility index (Phi) is 3.86. The van der Waals surface area contributed by atoms with Crippen LogP contribution in [0.5, 0.6) is 11.8 Å². The van der Waals surface area contributed by atoms with Crippen LogP contribution in [0.3, 0.4) is 0 Å². The zero-order valence-electron chi connectivity index (χ0n) is 10.9. The Morgan fingerprint density at radius 3 is 2.68 bits per heavy atom. The van der Waals surface area contributed by atoms with E-state index in [1.807, 2.05) is 0 Å². The fourth-order valence-electron chi connectivity index (χ4n) is 3.18. The van der Waals surface area contributed by atoms with E-state index in [0.29, 0.717) is 31.2 Å². The molecule has 0 unspecified atom stereocenters. The first kappa shape index (κ1) is 13.1. The largest absolute Gasteiger partial charge is 0.473 e. The Hall–Kier alpha value is -0.910. The third-order valence-corrected chi connectivity index (χ3v) is 4.68. The van der Waals surface area contributed by atoms with Gasteiger partial charge in [-0.2, -0.15) is 0 Å². The molecule has 0 N–H and O–H groups in total. The van der Waals surface area contributed by atoms with E-state index in [2.05, 4.69) is 8.75 Å². The molecule has 2 aliphatic carbocycles. The normalized spacial score (nSPS) is 28.8. The van der Waals surface area contributed by atoms with E-state index in [0.717, 1.165) is 36.9 Å². The van der Waals surface area contributed by atoms with Gasteiger partial charge in [-0.05, 0) is 50.9 Å². The second kappa shape index (κ2) is 5.61. The summed E-state index contributed by atoms with van der Waals surface area (Å²) in [6, 6.07) is 0. The van der Waals surface area contributed by atoms with Crippen LogP contribution < -0.4 is 9.47 Å². The minimum absolute atomic E-state index is 0.0164. The molecule has 2 bridgehead atoms. The monoisotopic (exact) mass is 286 g/mol. The highest BCUT2D eigenvalue weighted by Gasteiger charge is 2.47. The van der Waals surface area contributed by atoms with Crippen molar-refractivity contribution in [2.75, 3.05) is 13.3 Å². The molecule has 2 saturated carbocycles. The highest BCUT2D eigenvalue weighted by molar-refractivity contribution is 6.99. The molecule has 1 aromatic rings. The van der Waals surface area contributed by atoms with Gasteiger partial charge in [-0.1, -0.05) is 0 Å². The standard InChI is InChI=1S/C13H19FN2O2S/c14-7-1-2-8-17-11-12(16-19-15-11)18-13-5-3-10(9-13)4-6-13/h10H,1-9H2. The Morgan fingerprint density at radius 2 is 2.00 bits per heavy atom. The zero-order chi connectivity index (χ0) is 13.1. The number of rotatable bonds is 7. The van der Waals surface area contributed by atoms with Crippen molar-refractivity contribution in [3.63, 3.8) is 0 Å². The molecular formula is C13H19FN2O2S. The van der Waals surface area contributed by atoms with Crippen LogP contribution in [0, 0.1) is 5.92 Å². The van der Waals surface area contributed by atoms with Gasteiger partial charge in [0, 0.05) is 0 Å². The van der Waals surface area contributed by atoms with Crippen molar-refractivity contribution in [1.82, 2.24) is 8.75 Å². The first-order valence-corrected chi connectivity index (χ1v) is 7.75. The number of alkyl halides is 1. The number of nitrogens with zero attached hydrogens (tertiary/aromatic N) is 2. The summed E-state index contributed by atoms with van der Waals surface area (Å²) < 4.78 is 32.0. The second-order valence-corrected chi connectivity index (χ2v) is 6.08. The van der Waals surface area contributed by atoms with Gasteiger partial charge in [-0.25, -0.2) is 0 Å². The fourth-order valence-corrected chi connectivity index (χ4v) is 3.61. The lowest BCUT2D eigenvalue weighted by Crippen LogP contribution is -2.30. The molecule has 0 spiro atoms. The first-order valence-electron chi connectivity index (χ1n) is 7.02. The summed E-state index contributed by atoms with van der Waals surface area (Å²) in [5.41, 5.74) is -0.0164. The number of aromatic nitrogens is 2. The summed E-state index contributed by atoms with van der Waals surface area (Å²) in [6.45, 7) is 0.174. The third kappa shape index (κ3) is 2.83. The Labute approximate surface area is 116 Å². The summed E-state index contributed by atoms with van der Waals surface area (Å²) in [5, 5.41) is 0. The van der Waals surface area contributed by atoms with E-state index >= 15 is 0 Å². The van der Waals surface area contributed by atoms with Crippen molar-refractivity contribution in [3.8, 4) is 11.8 Å². The van der Waals surface area contributed by atoms with Crippen molar-refractivity contribution in [2.45, 2.75) is 50.5 Å². The predicted octanol–water partition coefficient (Wildman–Crippen LogP) is 3.38. The predicted molar refractivity (Wildman–Crippen MR) is 70.5 cm³/mol. The van der Waals surface area contributed by atoms with Gasteiger partial charge in [-0.3, -0.25) is 4.39 Å². The van der Waals surface area contributed by atoms with Crippen molar-refractivity contribution >= 4 is 11.7 Å². The molecule has 0 amide bonds. The van der Waals surface area contributed by atoms with Gasteiger partial charge >= 0.3 is 0 Å². The second-order valence-electron chi connectivity index (χ2n) is 5.55. The lowest BCUT2D eigenvalue weighted by molar-refractivity contribution is 0.0705. The van der Waals surface area contributed by atoms with E-state index < -0.39 is 0 Å². The number of unbranched alkanes of at least 4 members (excludes halogenated alkanes) is 1. The maximum Gasteiger partial charge on any atom is 0.291 e. The van der Waals surface area contributed by atoms with E-state index in [1.54, 1.807) is 0 Å². The minimum Gasteiger partial charge on any atom is -0.473 e. The van der Waals surface area contributed by atoms with Crippen LogP contribution in [0.1, 0.15) is 44.9 Å². The molecule has 4 nitrogen and oxygen atoms in total. The van der Waals surface area contributed by atoms with Crippen LogP contribution in [0.4, 0.5) is 4.39 Å². The number of hydrogen-bond donors (Lipinski definition) is 0. The number of ether oxygens (including phenoxy) is 2. The van der Waals surface area contributed by atoms with Crippen molar-refractivity contribution < 1.29 is 13.9 Å². The molecule has 2 fully saturated rings. The van der Waals surface area contributed by atoms with Crippen molar-refractivity contribution in [2.24, 2.45) is 5.92 Å². The van der Waals surface area contributed by atoms with Crippen LogP contribution >= 0.6 is 11.7 Å². The SMILES string of the molecule is FCCCCOc1nsnc1OC12CCC(CC1)C2. The average Bonchev–Trinajstić information content (AvgIpc) is 3.11. The topological polar surface area (TPSA) is 44.2 Å². The van der Waals surface area contributed by atoms with Crippen LogP contribution in [-0.4, -0.2) is 27.6 Å². The molecule has 0 aromatic carbocycles. The summed E-state index contributed by atoms with van der Waals surface area (Å²) in [4.78, 5) is 0. The van der Waals surface area contributed by atoms with Crippen LogP contribution in [0.25, 0.3) is 0 Å². The third-order valence-electron chi connectivity index (χ3n) is 4.19. The van der Waals surface area contributed by atoms with E-state index in [1.165, 1.54) is 12.8 Å². The molecular weight excluding hydrogens is 267 g/mol. The van der Waals surface area contributed by atoms with Gasteiger partial charge in [-0.15, -0.1) is 8.75 Å².